The van der Waals surface area contributed by atoms with Gasteiger partial charge < -0.3 is 4.74 Å². The standard InChI is InChI=1S/C20H21NO/c1-2-3-7-16-8-6-10-18(14-16)22-15-20-19-11-5-4-9-17(19)12-13-21-20/h4-6,8-14H,2-3,7,15H2,1H3. The van der Waals surface area contributed by atoms with Gasteiger partial charge in [0.1, 0.15) is 12.4 Å². The lowest BCUT2D eigenvalue weighted by Gasteiger charge is -2.09. The molecule has 3 rings (SSSR count). The van der Waals surface area contributed by atoms with E-state index in [4.69, 9.17) is 4.74 Å². The Balaban J connectivity index is 1.74. The van der Waals surface area contributed by atoms with Gasteiger partial charge in [0, 0.05) is 11.6 Å². The van der Waals surface area contributed by atoms with Gasteiger partial charge in [0.05, 0.1) is 5.69 Å². The predicted molar refractivity (Wildman–Crippen MR) is 91.1 cm³/mol. The fourth-order valence-corrected chi connectivity index (χ4v) is 2.62. The van der Waals surface area contributed by atoms with Crippen LogP contribution in [0.4, 0.5) is 0 Å². The van der Waals surface area contributed by atoms with Crippen molar-refractivity contribution in [1.82, 2.24) is 4.98 Å². The number of fused-ring (bicyclic) bond motifs is 1. The van der Waals surface area contributed by atoms with Crippen molar-refractivity contribution in [2.24, 2.45) is 0 Å². The Bertz CT molecular complexity index is 746. The number of ether oxygens (including phenoxy) is 1. The Morgan fingerprint density at radius 1 is 1.00 bits per heavy atom. The van der Waals surface area contributed by atoms with Gasteiger partial charge in [-0.05, 0) is 42.0 Å². The number of aryl methyl sites for hydroxylation is 1. The van der Waals surface area contributed by atoms with Crippen molar-refractivity contribution in [3.8, 4) is 5.75 Å². The van der Waals surface area contributed by atoms with E-state index in [2.05, 4.69) is 42.2 Å². The molecule has 0 saturated carbocycles. The number of unbranched alkanes of at least 4 members (excludes halogenated alkanes) is 1. The van der Waals surface area contributed by atoms with Gasteiger partial charge in [0.15, 0.2) is 0 Å². The molecule has 0 aliphatic rings. The van der Waals surface area contributed by atoms with E-state index in [0.717, 1.165) is 23.3 Å². The van der Waals surface area contributed by atoms with Crippen LogP contribution in [0.15, 0.2) is 60.8 Å². The van der Waals surface area contributed by atoms with E-state index in [9.17, 15) is 0 Å². The third-order valence-corrected chi connectivity index (χ3v) is 3.85. The van der Waals surface area contributed by atoms with Crippen LogP contribution in [0.1, 0.15) is 31.0 Å². The Kier molecular flexibility index (Phi) is 4.69. The summed E-state index contributed by atoms with van der Waals surface area (Å²) in [6.45, 7) is 2.71. The van der Waals surface area contributed by atoms with Gasteiger partial charge in [0.25, 0.3) is 0 Å². The summed E-state index contributed by atoms with van der Waals surface area (Å²) in [5, 5.41) is 2.36. The molecule has 0 atom stereocenters. The maximum Gasteiger partial charge on any atom is 0.131 e. The van der Waals surface area contributed by atoms with Gasteiger partial charge in [0.2, 0.25) is 0 Å². The molecule has 0 spiro atoms. The van der Waals surface area contributed by atoms with Crippen LogP contribution < -0.4 is 4.74 Å². The normalized spacial score (nSPS) is 10.8. The van der Waals surface area contributed by atoms with Crippen LogP contribution in [0.3, 0.4) is 0 Å². The van der Waals surface area contributed by atoms with E-state index >= 15 is 0 Å². The Hall–Kier alpha value is -2.35. The minimum Gasteiger partial charge on any atom is -0.487 e. The summed E-state index contributed by atoms with van der Waals surface area (Å²) >= 11 is 0. The third-order valence-electron chi connectivity index (χ3n) is 3.85. The molecule has 0 N–H and O–H groups in total. The Labute approximate surface area is 131 Å². The SMILES string of the molecule is CCCCc1cccc(OCc2nccc3ccccc23)c1. The summed E-state index contributed by atoms with van der Waals surface area (Å²) in [4.78, 5) is 4.47. The molecule has 2 aromatic carbocycles. The van der Waals surface area contributed by atoms with Crippen molar-refractivity contribution < 1.29 is 4.74 Å². The smallest absolute Gasteiger partial charge is 0.131 e. The highest BCUT2D eigenvalue weighted by molar-refractivity contribution is 5.84. The number of nitrogens with zero attached hydrogens (tertiary/aromatic N) is 1. The molecular formula is C20H21NO. The number of pyridine rings is 1. The molecule has 22 heavy (non-hydrogen) atoms. The van der Waals surface area contributed by atoms with E-state index < -0.39 is 0 Å². The average molecular weight is 291 g/mol. The number of aromatic nitrogens is 1. The first-order chi connectivity index (χ1) is 10.9. The second-order valence-corrected chi connectivity index (χ2v) is 5.52. The van der Waals surface area contributed by atoms with Crippen molar-refractivity contribution in [3.63, 3.8) is 0 Å². The second kappa shape index (κ2) is 7.08. The van der Waals surface area contributed by atoms with Crippen molar-refractivity contribution in [3.05, 3.63) is 72.1 Å². The van der Waals surface area contributed by atoms with Crippen LogP contribution in [0, 0.1) is 0 Å². The summed E-state index contributed by atoms with van der Waals surface area (Å²) in [6, 6.07) is 18.7. The highest BCUT2D eigenvalue weighted by Gasteiger charge is 2.03. The average Bonchev–Trinajstić information content (AvgIpc) is 2.58. The zero-order chi connectivity index (χ0) is 15.2. The Morgan fingerprint density at radius 2 is 1.91 bits per heavy atom. The summed E-state index contributed by atoms with van der Waals surface area (Å²) in [7, 11) is 0. The minimum absolute atomic E-state index is 0.499. The van der Waals surface area contributed by atoms with Crippen molar-refractivity contribution in [2.75, 3.05) is 0 Å². The fourth-order valence-electron chi connectivity index (χ4n) is 2.62. The van der Waals surface area contributed by atoms with E-state index in [1.165, 1.54) is 23.8 Å². The number of hydrogen-bond donors (Lipinski definition) is 0. The van der Waals surface area contributed by atoms with Gasteiger partial charge in [-0.3, -0.25) is 4.98 Å². The molecule has 1 aromatic heterocycles. The van der Waals surface area contributed by atoms with Gasteiger partial charge in [-0.25, -0.2) is 0 Å². The lowest BCUT2D eigenvalue weighted by molar-refractivity contribution is 0.302. The molecule has 3 aromatic rings. The second-order valence-electron chi connectivity index (χ2n) is 5.52. The molecule has 0 unspecified atom stereocenters. The van der Waals surface area contributed by atoms with E-state index in [0.29, 0.717) is 6.61 Å². The monoisotopic (exact) mass is 291 g/mol. The summed E-state index contributed by atoms with van der Waals surface area (Å²) in [5.41, 5.74) is 2.32. The van der Waals surface area contributed by atoms with Crippen LogP contribution in [0.5, 0.6) is 5.75 Å². The summed E-state index contributed by atoms with van der Waals surface area (Å²) < 4.78 is 5.96. The molecule has 2 nitrogen and oxygen atoms in total. The van der Waals surface area contributed by atoms with Crippen molar-refractivity contribution in [1.29, 1.82) is 0 Å². The first kappa shape index (κ1) is 14.6. The van der Waals surface area contributed by atoms with Crippen LogP contribution in [-0.4, -0.2) is 4.98 Å². The van der Waals surface area contributed by atoms with E-state index in [1.807, 2.05) is 30.5 Å². The molecule has 2 heteroatoms. The lowest BCUT2D eigenvalue weighted by atomic mass is 10.1. The summed E-state index contributed by atoms with van der Waals surface area (Å²) in [6.07, 6.45) is 5.39. The number of benzene rings is 2. The van der Waals surface area contributed by atoms with Crippen molar-refractivity contribution in [2.45, 2.75) is 32.8 Å². The van der Waals surface area contributed by atoms with Crippen LogP contribution >= 0.6 is 0 Å². The first-order valence-electron chi connectivity index (χ1n) is 7.91. The van der Waals surface area contributed by atoms with Crippen LogP contribution in [0.2, 0.25) is 0 Å². The first-order valence-corrected chi connectivity index (χ1v) is 7.91. The quantitative estimate of drug-likeness (QED) is 0.626. The van der Waals surface area contributed by atoms with Crippen molar-refractivity contribution >= 4 is 10.8 Å². The molecule has 0 fully saturated rings. The molecule has 0 amide bonds. The summed E-state index contributed by atoms with van der Waals surface area (Å²) in [5.74, 6) is 0.920. The number of rotatable bonds is 6. The highest BCUT2D eigenvalue weighted by Crippen LogP contribution is 2.20. The molecule has 0 radical (unpaired) electrons. The van der Waals surface area contributed by atoms with Gasteiger partial charge in [-0.1, -0.05) is 49.7 Å². The molecular weight excluding hydrogens is 270 g/mol. The zero-order valence-corrected chi connectivity index (χ0v) is 13.0. The third kappa shape index (κ3) is 3.45. The maximum atomic E-state index is 5.96. The van der Waals surface area contributed by atoms with Gasteiger partial charge >= 0.3 is 0 Å². The molecule has 0 saturated heterocycles. The molecule has 0 bridgehead atoms. The molecule has 0 aliphatic heterocycles. The molecule has 112 valence electrons. The van der Waals surface area contributed by atoms with Gasteiger partial charge in [-0.2, -0.15) is 0 Å². The highest BCUT2D eigenvalue weighted by atomic mass is 16.5. The van der Waals surface area contributed by atoms with Crippen LogP contribution in [-0.2, 0) is 13.0 Å². The fraction of sp³-hybridized carbons (Fsp3) is 0.250. The molecule has 0 aliphatic carbocycles. The Morgan fingerprint density at radius 3 is 2.82 bits per heavy atom. The largest absolute Gasteiger partial charge is 0.487 e. The van der Waals surface area contributed by atoms with Gasteiger partial charge in [-0.15, -0.1) is 0 Å². The number of hydrogen-bond acceptors (Lipinski definition) is 2. The van der Waals surface area contributed by atoms with Crippen LogP contribution in [0.25, 0.3) is 10.8 Å². The molecule has 1 heterocycles. The minimum atomic E-state index is 0.499. The van der Waals surface area contributed by atoms with E-state index in [-0.39, 0.29) is 0 Å². The lowest BCUT2D eigenvalue weighted by Crippen LogP contribution is -1.99. The maximum absolute atomic E-state index is 5.96. The topological polar surface area (TPSA) is 22.1 Å². The predicted octanol–water partition coefficient (Wildman–Crippen LogP) is 5.16. The van der Waals surface area contributed by atoms with E-state index in [1.54, 1.807) is 0 Å². The zero-order valence-electron chi connectivity index (χ0n) is 13.0.